The van der Waals surface area contributed by atoms with E-state index in [2.05, 4.69) is 47.0 Å². The molecule has 0 radical (unpaired) electrons. The van der Waals surface area contributed by atoms with E-state index in [-0.39, 0.29) is 0 Å². The maximum atomic E-state index is 2.73. The highest BCUT2D eigenvalue weighted by Gasteiger charge is 2.66. The molecule has 104 valence electrons. The van der Waals surface area contributed by atoms with Crippen LogP contribution < -0.4 is 0 Å². The van der Waals surface area contributed by atoms with Gasteiger partial charge < -0.3 is 0 Å². The van der Waals surface area contributed by atoms with E-state index in [4.69, 9.17) is 0 Å². The Kier molecular flexibility index (Phi) is 3.60. The molecule has 2 atom stereocenters. The molecule has 0 amide bonds. The van der Waals surface area contributed by atoms with Gasteiger partial charge in [-0.15, -0.1) is 0 Å². The molecule has 1 heterocycles. The van der Waals surface area contributed by atoms with Crippen molar-refractivity contribution in [2.45, 2.75) is 83.0 Å². The zero-order chi connectivity index (χ0) is 13.8. The summed E-state index contributed by atoms with van der Waals surface area (Å²) >= 11 is 0. The Hall–Kier alpha value is 0.304. The molecule has 0 N–H and O–H groups in total. The van der Waals surface area contributed by atoms with Gasteiger partial charge in [0.1, 0.15) is 0 Å². The lowest BCUT2D eigenvalue weighted by atomic mass is 9.76. The molecule has 18 heavy (non-hydrogen) atoms. The lowest BCUT2D eigenvalue weighted by molar-refractivity contribution is 0.264. The molecule has 1 aliphatic heterocycles. The van der Waals surface area contributed by atoms with E-state index in [1.807, 2.05) is 0 Å². The van der Waals surface area contributed by atoms with E-state index in [0.29, 0.717) is 0 Å². The molecule has 2 heteroatoms. The summed E-state index contributed by atoms with van der Waals surface area (Å²) in [6.07, 6.45) is 4.40. The fraction of sp³-hybridized carbons (Fsp3) is 0.938. The van der Waals surface area contributed by atoms with Crippen molar-refractivity contribution in [3.05, 3.63) is 5.92 Å². The van der Waals surface area contributed by atoms with Gasteiger partial charge in [-0.05, 0) is 16.5 Å². The first-order chi connectivity index (χ1) is 8.15. The molecular formula is C16H33Si2+. The number of hydrogen-bond acceptors (Lipinski definition) is 0. The van der Waals surface area contributed by atoms with E-state index in [1.54, 1.807) is 24.4 Å². The molecule has 2 rings (SSSR count). The zero-order valence-corrected chi connectivity index (χ0v) is 15.7. The van der Waals surface area contributed by atoms with Gasteiger partial charge in [0.05, 0.1) is 41.8 Å². The highest BCUT2D eigenvalue weighted by atomic mass is 28.4. The van der Waals surface area contributed by atoms with Gasteiger partial charge >= 0.3 is 0 Å². The standard InChI is InChI=1S/C16H33Si2/c1-13-11-14(2)16(15(3)12-13)17(4,5)9-8-10-18(16,6)7/h14-15H,8-12H2,1-7H3/q+1. The second-order valence-corrected chi connectivity index (χ2v) is 19.3. The average molecular weight is 282 g/mol. The SMILES string of the molecule is C[C+]1CC(C)C2(C(C)C1)[Si](C)(C)CCC[Si]2(C)C. The quantitative estimate of drug-likeness (QED) is 0.392. The normalized spacial score (nSPS) is 37.8. The Morgan fingerprint density at radius 1 is 0.889 bits per heavy atom. The van der Waals surface area contributed by atoms with Crippen molar-refractivity contribution >= 4 is 16.1 Å². The highest BCUT2D eigenvalue weighted by Crippen LogP contribution is 2.67. The van der Waals surface area contributed by atoms with Crippen LogP contribution in [0.5, 0.6) is 0 Å². The summed E-state index contributed by atoms with van der Waals surface area (Å²) in [5, 5.41) is 0. The lowest BCUT2D eigenvalue weighted by Crippen LogP contribution is -2.66. The van der Waals surface area contributed by atoms with Gasteiger partial charge in [0.25, 0.3) is 0 Å². The first kappa shape index (κ1) is 14.7. The maximum absolute atomic E-state index is 2.73. The van der Waals surface area contributed by atoms with E-state index >= 15 is 0 Å². The topological polar surface area (TPSA) is 0 Å². The summed E-state index contributed by atoms with van der Waals surface area (Å²) in [6.45, 7) is 18.5. The van der Waals surface area contributed by atoms with Crippen LogP contribution in [0.3, 0.4) is 0 Å². The lowest BCUT2D eigenvalue weighted by Gasteiger charge is -2.64. The van der Waals surface area contributed by atoms with Crippen molar-refractivity contribution in [2.24, 2.45) is 11.8 Å². The Bertz CT molecular complexity index is 289. The Labute approximate surface area is 117 Å². The molecular weight excluding hydrogens is 248 g/mol. The van der Waals surface area contributed by atoms with Crippen LogP contribution in [0, 0.1) is 17.8 Å². The number of rotatable bonds is 0. The van der Waals surface area contributed by atoms with Crippen LogP contribution >= 0.6 is 0 Å². The van der Waals surface area contributed by atoms with Crippen molar-refractivity contribution in [3.63, 3.8) is 0 Å². The van der Waals surface area contributed by atoms with E-state index in [0.717, 1.165) is 16.5 Å². The first-order valence-electron chi connectivity index (χ1n) is 7.96. The summed E-state index contributed by atoms with van der Waals surface area (Å²) in [4.78, 5) is 0. The Morgan fingerprint density at radius 3 is 1.67 bits per heavy atom. The van der Waals surface area contributed by atoms with Gasteiger partial charge in [-0.3, -0.25) is 0 Å². The van der Waals surface area contributed by atoms with Crippen LogP contribution in [0.4, 0.5) is 0 Å². The van der Waals surface area contributed by atoms with Gasteiger partial charge in [0.2, 0.25) is 0 Å². The summed E-state index contributed by atoms with van der Waals surface area (Å²) in [5.41, 5.74) is 0. The van der Waals surface area contributed by atoms with Gasteiger partial charge in [-0.1, -0.05) is 58.5 Å². The second-order valence-electron chi connectivity index (χ2n) is 8.66. The fourth-order valence-corrected chi connectivity index (χ4v) is 24.0. The van der Waals surface area contributed by atoms with Crippen molar-refractivity contribution in [1.29, 1.82) is 0 Å². The average Bonchev–Trinajstić information content (AvgIpc) is 2.12. The van der Waals surface area contributed by atoms with Crippen LogP contribution in [0.15, 0.2) is 0 Å². The molecule has 1 aliphatic carbocycles. The molecule has 1 saturated heterocycles. The van der Waals surface area contributed by atoms with Crippen LogP contribution in [-0.4, -0.2) is 16.1 Å². The minimum absolute atomic E-state index is 0.803. The van der Waals surface area contributed by atoms with Crippen LogP contribution in [-0.2, 0) is 0 Å². The molecule has 1 spiro atoms. The summed E-state index contributed by atoms with van der Waals surface area (Å²) in [5.74, 6) is 3.70. The van der Waals surface area contributed by atoms with E-state index < -0.39 is 16.1 Å². The maximum Gasteiger partial charge on any atom is 0.0922 e. The van der Waals surface area contributed by atoms with E-state index in [1.165, 1.54) is 12.8 Å². The van der Waals surface area contributed by atoms with Gasteiger partial charge in [-0.25, -0.2) is 0 Å². The van der Waals surface area contributed by atoms with Gasteiger partial charge in [0.15, 0.2) is 0 Å². The summed E-state index contributed by atoms with van der Waals surface area (Å²) in [6, 6.07) is 3.19. The highest BCUT2D eigenvalue weighted by molar-refractivity contribution is 7.01. The molecule has 0 aromatic heterocycles. The summed E-state index contributed by atoms with van der Waals surface area (Å²) < 4.78 is 0.803. The predicted molar refractivity (Wildman–Crippen MR) is 88.4 cm³/mol. The molecule has 2 fully saturated rings. The zero-order valence-electron chi connectivity index (χ0n) is 13.7. The molecule has 0 nitrogen and oxygen atoms in total. The molecule has 0 bridgehead atoms. The fourth-order valence-electron chi connectivity index (χ4n) is 6.91. The Balaban J connectivity index is 2.52. The monoisotopic (exact) mass is 281 g/mol. The van der Waals surface area contributed by atoms with Crippen molar-refractivity contribution in [3.8, 4) is 0 Å². The van der Waals surface area contributed by atoms with Crippen LogP contribution in [0.25, 0.3) is 0 Å². The van der Waals surface area contributed by atoms with Gasteiger partial charge in [-0.2, -0.15) is 0 Å². The van der Waals surface area contributed by atoms with Crippen molar-refractivity contribution in [1.82, 2.24) is 0 Å². The molecule has 2 unspecified atom stereocenters. The molecule has 0 aromatic rings. The smallest absolute Gasteiger partial charge is 0.0691 e. The number of hydrogen-bond donors (Lipinski definition) is 0. The van der Waals surface area contributed by atoms with E-state index in [9.17, 15) is 0 Å². The third-order valence-electron chi connectivity index (χ3n) is 6.71. The Morgan fingerprint density at radius 2 is 1.28 bits per heavy atom. The largest absolute Gasteiger partial charge is 0.0922 e. The predicted octanol–water partition coefficient (Wildman–Crippen LogP) is 5.75. The van der Waals surface area contributed by atoms with Crippen molar-refractivity contribution < 1.29 is 0 Å². The minimum Gasteiger partial charge on any atom is -0.0691 e. The second kappa shape index (κ2) is 4.41. The first-order valence-corrected chi connectivity index (χ1v) is 14.4. The van der Waals surface area contributed by atoms with Crippen LogP contribution in [0.2, 0.25) is 42.9 Å². The minimum atomic E-state index is -1.08. The molecule has 2 aliphatic rings. The molecule has 0 aromatic carbocycles. The summed E-state index contributed by atoms with van der Waals surface area (Å²) in [7, 11) is -2.17. The third-order valence-corrected chi connectivity index (χ3v) is 20.4. The molecule has 1 saturated carbocycles. The third kappa shape index (κ3) is 1.78. The van der Waals surface area contributed by atoms with Gasteiger partial charge in [0, 0.05) is 0 Å². The van der Waals surface area contributed by atoms with Crippen LogP contribution in [0.1, 0.15) is 40.0 Å². The van der Waals surface area contributed by atoms with Crippen molar-refractivity contribution in [2.75, 3.05) is 0 Å².